The lowest BCUT2D eigenvalue weighted by molar-refractivity contribution is -0.115. The summed E-state index contributed by atoms with van der Waals surface area (Å²) in [5.41, 5.74) is 2.99. The molecule has 166 valence electrons. The molecule has 32 heavy (non-hydrogen) atoms. The summed E-state index contributed by atoms with van der Waals surface area (Å²) in [4.78, 5) is 26.1. The molecule has 1 unspecified atom stereocenters. The lowest BCUT2D eigenvalue weighted by Gasteiger charge is -2.16. The van der Waals surface area contributed by atoms with Crippen LogP contribution in [-0.4, -0.2) is 17.1 Å². The maximum Gasteiger partial charge on any atom is 0.255 e. The molecule has 2 amide bonds. The van der Waals surface area contributed by atoms with E-state index in [0.717, 1.165) is 10.6 Å². The normalized spacial score (nSPS) is 11.8. The topological polar surface area (TPSA) is 58.2 Å². The van der Waals surface area contributed by atoms with Crippen molar-refractivity contribution in [2.24, 2.45) is 0 Å². The molecule has 3 rings (SSSR count). The average Bonchev–Trinajstić information content (AvgIpc) is 2.78. The van der Waals surface area contributed by atoms with Crippen LogP contribution in [0, 0.1) is 5.82 Å². The predicted molar refractivity (Wildman–Crippen MR) is 130 cm³/mol. The van der Waals surface area contributed by atoms with Crippen molar-refractivity contribution >= 4 is 35.0 Å². The van der Waals surface area contributed by atoms with Crippen LogP contribution in [0.5, 0.6) is 0 Å². The number of halogens is 1. The van der Waals surface area contributed by atoms with Gasteiger partial charge in [-0.05, 0) is 72.5 Å². The van der Waals surface area contributed by atoms with Crippen LogP contribution in [0.15, 0.2) is 77.7 Å². The summed E-state index contributed by atoms with van der Waals surface area (Å²) in [7, 11) is 0. The van der Waals surface area contributed by atoms with Crippen LogP contribution < -0.4 is 10.6 Å². The Balaban J connectivity index is 1.63. The largest absolute Gasteiger partial charge is 0.325 e. The molecule has 0 spiro atoms. The van der Waals surface area contributed by atoms with E-state index in [4.69, 9.17) is 0 Å². The Morgan fingerprint density at radius 1 is 0.906 bits per heavy atom. The van der Waals surface area contributed by atoms with Crippen molar-refractivity contribution in [3.63, 3.8) is 0 Å². The highest BCUT2D eigenvalue weighted by molar-refractivity contribution is 8.00. The van der Waals surface area contributed by atoms with Crippen molar-refractivity contribution in [1.82, 2.24) is 0 Å². The van der Waals surface area contributed by atoms with Crippen LogP contribution in [0.25, 0.3) is 0 Å². The number of anilines is 2. The molecule has 3 aromatic carbocycles. The fraction of sp³-hybridized carbons (Fsp3) is 0.231. The van der Waals surface area contributed by atoms with E-state index in [2.05, 4.69) is 24.5 Å². The third kappa shape index (κ3) is 6.44. The monoisotopic (exact) mass is 450 g/mol. The first-order valence-corrected chi connectivity index (χ1v) is 11.5. The van der Waals surface area contributed by atoms with E-state index in [1.807, 2.05) is 49.4 Å². The number of rotatable bonds is 8. The molecule has 0 saturated heterocycles. The van der Waals surface area contributed by atoms with Crippen LogP contribution in [0.2, 0.25) is 0 Å². The van der Waals surface area contributed by atoms with Gasteiger partial charge in [0.15, 0.2) is 0 Å². The summed E-state index contributed by atoms with van der Waals surface area (Å²) in [6.07, 6.45) is 0.659. The maximum absolute atomic E-state index is 13.1. The number of hydrogen-bond donors (Lipinski definition) is 2. The number of benzene rings is 3. The highest BCUT2D eigenvalue weighted by Crippen LogP contribution is 2.29. The molecule has 1 atom stereocenters. The van der Waals surface area contributed by atoms with Gasteiger partial charge in [0.05, 0.1) is 5.25 Å². The number of thioether (sulfide) groups is 1. The molecule has 2 N–H and O–H groups in total. The van der Waals surface area contributed by atoms with Crippen LogP contribution in [0.4, 0.5) is 15.8 Å². The summed E-state index contributed by atoms with van der Waals surface area (Å²) in [6.45, 7) is 6.24. The number of hydrogen-bond acceptors (Lipinski definition) is 3. The molecule has 6 heteroatoms. The second-order valence-corrected chi connectivity index (χ2v) is 9.05. The first kappa shape index (κ1) is 23.5. The van der Waals surface area contributed by atoms with E-state index in [9.17, 15) is 14.0 Å². The van der Waals surface area contributed by atoms with Crippen molar-refractivity contribution in [2.75, 3.05) is 10.6 Å². The molecule has 4 nitrogen and oxygen atoms in total. The van der Waals surface area contributed by atoms with Crippen LogP contribution in [-0.2, 0) is 4.79 Å². The van der Waals surface area contributed by atoms with E-state index in [0.29, 0.717) is 23.6 Å². The Labute approximate surface area is 192 Å². The quantitative estimate of drug-likeness (QED) is 0.375. The molecule has 0 aliphatic carbocycles. The van der Waals surface area contributed by atoms with Crippen molar-refractivity contribution < 1.29 is 14.0 Å². The minimum atomic E-state index is -0.389. The average molecular weight is 451 g/mol. The molecule has 3 aromatic rings. The van der Waals surface area contributed by atoms with Crippen molar-refractivity contribution in [2.45, 2.75) is 43.3 Å². The van der Waals surface area contributed by atoms with Crippen molar-refractivity contribution in [3.8, 4) is 0 Å². The summed E-state index contributed by atoms with van der Waals surface area (Å²) in [5.74, 6) is -0.327. The zero-order chi connectivity index (χ0) is 23.1. The number of nitrogens with one attached hydrogen (secondary N) is 2. The Morgan fingerprint density at radius 3 is 2.22 bits per heavy atom. The van der Waals surface area contributed by atoms with Gasteiger partial charge >= 0.3 is 0 Å². The Morgan fingerprint density at radius 2 is 1.59 bits per heavy atom. The van der Waals surface area contributed by atoms with Gasteiger partial charge in [-0.1, -0.05) is 39.0 Å². The van der Waals surface area contributed by atoms with Gasteiger partial charge in [-0.25, -0.2) is 4.39 Å². The lowest BCUT2D eigenvalue weighted by atomic mass is 10.0. The minimum Gasteiger partial charge on any atom is -0.325 e. The van der Waals surface area contributed by atoms with E-state index in [1.54, 1.807) is 6.07 Å². The summed E-state index contributed by atoms with van der Waals surface area (Å²) >= 11 is 1.45. The second-order valence-electron chi connectivity index (χ2n) is 7.77. The molecule has 0 heterocycles. The summed E-state index contributed by atoms with van der Waals surface area (Å²) in [5, 5.41) is 5.53. The van der Waals surface area contributed by atoms with Crippen LogP contribution in [0.1, 0.15) is 49.0 Å². The predicted octanol–water partition coefficient (Wildman–Crippen LogP) is 6.71. The van der Waals surface area contributed by atoms with E-state index < -0.39 is 0 Å². The summed E-state index contributed by atoms with van der Waals surface area (Å²) < 4.78 is 13.1. The van der Waals surface area contributed by atoms with Gasteiger partial charge in [0.25, 0.3) is 5.91 Å². The van der Waals surface area contributed by atoms with E-state index in [-0.39, 0.29) is 22.9 Å². The molecule has 0 saturated carbocycles. The van der Waals surface area contributed by atoms with Crippen LogP contribution >= 0.6 is 11.8 Å². The van der Waals surface area contributed by atoms with Crippen molar-refractivity contribution in [1.29, 1.82) is 0 Å². The third-order valence-electron chi connectivity index (χ3n) is 4.98. The number of carbonyl (C=O) groups is 2. The van der Waals surface area contributed by atoms with Gasteiger partial charge in [0.1, 0.15) is 5.82 Å². The minimum absolute atomic E-state index is 0.0597. The Kier molecular flexibility index (Phi) is 8.06. The molecule has 0 radical (unpaired) electrons. The first-order chi connectivity index (χ1) is 15.4. The van der Waals surface area contributed by atoms with Crippen molar-refractivity contribution in [3.05, 3.63) is 89.7 Å². The number of amides is 2. The van der Waals surface area contributed by atoms with Gasteiger partial charge < -0.3 is 10.6 Å². The lowest BCUT2D eigenvalue weighted by Crippen LogP contribution is -2.24. The molecular formula is C26H27FN2O2S. The Bertz CT molecular complexity index is 1070. The molecule has 0 bridgehead atoms. The first-order valence-electron chi connectivity index (χ1n) is 10.6. The Hall–Kier alpha value is -3.12. The van der Waals surface area contributed by atoms with Gasteiger partial charge in [-0.3, -0.25) is 9.59 Å². The summed E-state index contributed by atoms with van der Waals surface area (Å²) in [6, 6.07) is 20.6. The van der Waals surface area contributed by atoms with E-state index in [1.165, 1.54) is 41.6 Å². The fourth-order valence-corrected chi connectivity index (χ4v) is 4.13. The molecule has 0 aromatic heterocycles. The molecule has 0 aliphatic rings. The zero-order valence-corrected chi connectivity index (χ0v) is 19.2. The SMILES string of the molecule is CCC(Sc1cccc(NC(=O)c2ccc(F)cc2)c1)C(=O)Nc1ccc(C(C)C)cc1. The smallest absolute Gasteiger partial charge is 0.255 e. The zero-order valence-electron chi connectivity index (χ0n) is 18.4. The van der Waals surface area contributed by atoms with Crippen LogP contribution in [0.3, 0.4) is 0 Å². The highest BCUT2D eigenvalue weighted by atomic mass is 32.2. The molecule has 0 aliphatic heterocycles. The van der Waals surface area contributed by atoms with Gasteiger partial charge in [-0.2, -0.15) is 0 Å². The number of carbonyl (C=O) groups excluding carboxylic acids is 2. The maximum atomic E-state index is 13.1. The molecule has 0 fully saturated rings. The standard InChI is InChI=1S/C26H27FN2O2S/c1-4-24(26(31)28-21-14-10-18(11-15-21)17(2)3)32-23-7-5-6-22(16-23)29-25(30)19-8-12-20(27)13-9-19/h5-17,24H,4H2,1-3H3,(H,28,31)(H,29,30). The third-order valence-corrected chi connectivity index (χ3v) is 6.34. The van der Waals surface area contributed by atoms with E-state index >= 15 is 0 Å². The van der Waals surface area contributed by atoms with Gasteiger partial charge in [0.2, 0.25) is 5.91 Å². The van der Waals surface area contributed by atoms with Gasteiger partial charge in [0, 0.05) is 21.8 Å². The molecular weight excluding hydrogens is 423 g/mol. The fourth-order valence-electron chi connectivity index (χ4n) is 3.11. The van der Waals surface area contributed by atoms with Gasteiger partial charge in [-0.15, -0.1) is 11.8 Å². The second kappa shape index (κ2) is 11.0. The highest BCUT2D eigenvalue weighted by Gasteiger charge is 2.18.